The Morgan fingerprint density at radius 2 is 0.972 bits per heavy atom. The van der Waals surface area contributed by atoms with E-state index in [0.717, 1.165) is 0 Å². The van der Waals surface area contributed by atoms with Crippen LogP contribution in [-0.4, -0.2) is 137 Å². The van der Waals surface area contributed by atoms with Gasteiger partial charge in [0.2, 0.25) is 53.2 Å². The molecule has 12 N–H and O–H groups in total. The number of primary amides is 1. The summed E-state index contributed by atoms with van der Waals surface area (Å²) >= 11 is 0. The summed E-state index contributed by atoms with van der Waals surface area (Å²) in [7, 11) is 0. The van der Waals surface area contributed by atoms with Crippen molar-refractivity contribution in [1.82, 2.24) is 47.0 Å². The first-order chi connectivity index (χ1) is 34.1. The van der Waals surface area contributed by atoms with E-state index in [1.807, 2.05) is 0 Å². The van der Waals surface area contributed by atoms with Gasteiger partial charge < -0.3 is 58.5 Å². The number of benzene rings is 3. The third kappa shape index (κ3) is 14.8. The first kappa shape index (κ1) is 52.5. The number of guanidine groups is 1. The highest BCUT2D eigenvalue weighted by atomic mass is 16.2. The Bertz CT molecular complexity index is 2410. The number of amides is 9. The quantitative estimate of drug-likeness (QED) is 0.0583. The molecule has 3 aliphatic rings. The third-order valence-corrected chi connectivity index (χ3v) is 12.8. The molecule has 3 saturated heterocycles. The van der Waals surface area contributed by atoms with Gasteiger partial charge in [-0.2, -0.15) is 0 Å². The molecule has 6 rings (SSSR count). The molecule has 3 aliphatic heterocycles. The molecule has 3 aromatic rings. The zero-order chi connectivity index (χ0) is 51.0. The molecule has 21 nitrogen and oxygen atoms in total. The van der Waals surface area contributed by atoms with Crippen molar-refractivity contribution in [3.63, 3.8) is 0 Å². The lowest BCUT2D eigenvalue weighted by Crippen LogP contribution is -2.61. The van der Waals surface area contributed by atoms with Crippen molar-refractivity contribution in [1.29, 1.82) is 5.41 Å². The van der Waals surface area contributed by atoms with Crippen molar-refractivity contribution in [3.05, 3.63) is 108 Å². The summed E-state index contributed by atoms with van der Waals surface area (Å²) < 4.78 is 0. The second kappa shape index (κ2) is 25.1. The van der Waals surface area contributed by atoms with E-state index in [-0.39, 0.29) is 70.5 Å². The third-order valence-electron chi connectivity index (χ3n) is 12.8. The summed E-state index contributed by atoms with van der Waals surface area (Å²) in [6.07, 6.45) is 0.854. The van der Waals surface area contributed by atoms with Gasteiger partial charge in [-0.3, -0.25) is 48.6 Å². The average molecular weight is 977 g/mol. The Balaban J connectivity index is 1.39. The van der Waals surface area contributed by atoms with Crippen LogP contribution in [0.5, 0.6) is 0 Å². The highest BCUT2D eigenvalue weighted by molar-refractivity contribution is 6.00. The number of rotatable bonds is 12. The predicted octanol–water partition coefficient (Wildman–Crippen LogP) is -1.22. The zero-order valence-corrected chi connectivity index (χ0v) is 39.7. The number of carbonyl (C=O) groups excluding carboxylic acids is 9. The fourth-order valence-corrected chi connectivity index (χ4v) is 9.12. The van der Waals surface area contributed by atoms with Gasteiger partial charge in [0.15, 0.2) is 5.96 Å². The molecule has 378 valence electrons. The summed E-state index contributed by atoms with van der Waals surface area (Å²) in [5.41, 5.74) is 13.0. The van der Waals surface area contributed by atoms with E-state index in [4.69, 9.17) is 16.9 Å². The van der Waals surface area contributed by atoms with E-state index in [0.29, 0.717) is 29.5 Å². The van der Waals surface area contributed by atoms with Crippen molar-refractivity contribution < 1.29 is 43.2 Å². The second-order valence-corrected chi connectivity index (χ2v) is 18.1. The Hall–Kier alpha value is -7.84. The Morgan fingerprint density at radius 3 is 1.48 bits per heavy atom. The van der Waals surface area contributed by atoms with Crippen molar-refractivity contribution >= 4 is 59.1 Å². The molecule has 0 unspecified atom stereocenters. The van der Waals surface area contributed by atoms with Crippen molar-refractivity contribution in [2.24, 2.45) is 11.5 Å². The fraction of sp³-hybridized carbons (Fsp3) is 0.440. The lowest BCUT2D eigenvalue weighted by molar-refractivity contribution is -0.148. The molecule has 8 atom stereocenters. The first-order valence-electron chi connectivity index (χ1n) is 24.0. The molecule has 9 amide bonds. The molecular weight excluding hydrogens is 913 g/mol. The van der Waals surface area contributed by atoms with Crippen LogP contribution in [0.1, 0.15) is 68.6 Å². The predicted molar refractivity (Wildman–Crippen MR) is 260 cm³/mol. The van der Waals surface area contributed by atoms with E-state index in [2.05, 4.69) is 37.2 Å². The molecule has 0 radical (unpaired) electrons. The van der Waals surface area contributed by atoms with Crippen LogP contribution in [-0.2, 0) is 62.4 Å². The van der Waals surface area contributed by atoms with E-state index < -0.39 is 108 Å². The number of nitrogens with zero attached hydrogens (tertiary/aromatic N) is 2. The molecule has 0 bridgehead atoms. The van der Waals surface area contributed by atoms with Crippen LogP contribution < -0.4 is 48.7 Å². The number of nitrogens with one attached hydrogen (secondary N) is 8. The zero-order valence-electron chi connectivity index (χ0n) is 39.7. The monoisotopic (exact) mass is 976 g/mol. The smallest absolute Gasteiger partial charge is 0.246 e. The van der Waals surface area contributed by atoms with Crippen LogP contribution in [0.4, 0.5) is 0 Å². The minimum absolute atomic E-state index is 0.0125. The van der Waals surface area contributed by atoms with Gasteiger partial charge in [-0.25, -0.2) is 0 Å². The summed E-state index contributed by atoms with van der Waals surface area (Å²) in [5.74, 6) is -7.10. The molecule has 3 aromatic carbocycles. The Labute approximate surface area is 411 Å². The lowest BCUT2D eigenvalue weighted by Gasteiger charge is -2.34. The lowest BCUT2D eigenvalue weighted by atomic mass is 10.0. The van der Waals surface area contributed by atoms with Crippen LogP contribution in [0, 0.1) is 5.41 Å². The summed E-state index contributed by atoms with van der Waals surface area (Å²) in [6, 6.07) is 16.1. The molecule has 3 fully saturated rings. The van der Waals surface area contributed by atoms with E-state index in [1.54, 1.807) is 91.0 Å². The topological polar surface area (TPSA) is 320 Å². The van der Waals surface area contributed by atoms with Crippen molar-refractivity contribution in [2.45, 2.75) is 119 Å². The van der Waals surface area contributed by atoms with Gasteiger partial charge in [-0.15, -0.1) is 0 Å². The van der Waals surface area contributed by atoms with E-state index >= 15 is 0 Å². The Morgan fingerprint density at radius 1 is 0.549 bits per heavy atom. The van der Waals surface area contributed by atoms with E-state index in [9.17, 15) is 43.2 Å². The van der Waals surface area contributed by atoms with Crippen molar-refractivity contribution in [2.75, 3.05) is 19.6 Å². The van der Waals surface area contributed by atoms with Gasteiger partial charge in [0.05, 0.1) is 6.42 Å². The molecule has 0 spiro atoms. The molecular formula is C50H64N12O9. The normalized spacial score (nSPS) is 25.3. The van der Waals surface area contributed by atoms with Crippen molar-refractivity contribution in [3.8, 4) is 0 Å². The molecule has 0 saturated carbocycles. The fourth-order valence-electron chi connectivity index (χ4n) is 9.12. The Kier molecular flexibility index (Phi) is 18.6. The average Bonchev–Trinajstić information content (AvgIpc) is 4.06. The highest BCUT2D eigenvalue weighted by Gasteiger charge is 2.44. The van der Waals surface area contributed by atoms with Crippen LogP contribution >= 0.6 is 0 Å². The van der Waals surface area contributed by atoms with Crippen LogP contribution in [0.2, 0.25) is 0 Å². The molecule has 21 heteroatoms. The summed E-state index contributed by atoms with van der Waals surface area (Å²) in [6.45, 7) is 1.90. The van der Waals surface area contributed by atoms with Gasteiger partial charge in [-0.05, 0) is 62.1 Å². The van der Waals surface area contributed by atoms with Gasteiger partial charge in [-0.1, -0.05) is 91.0 Å². The van der Waals surface area contributed by atoms with Crippen LogP contribution in [0.25, 0.3) is 0 Å². The minimum Gasteiger partial charge on any atom is -0.370 e. The van der Waals surface area contributed by atoms with Crippen LogP contribution in [0.15, 0.2) is 91.0 Å². The molecule has 3 heterocycles. The summed E-state index contributed by atoms with van der Waals surface area (Å²) in [4.78, 5) is 130. The van der Waals surface area contributed by atoms with Crippen LogP contribution in [0.3, 0.4) is 0 Å². The maximum atomic E-state index is 14.6. The first-order valence-corrected chi connectivity index (χ1v) is 24.0. The molecule has 71 heavy (non-hydrogen) atoms. The molecule has 0 aromatic heterocycles. The van der Waals surface area contributed by atoms with Gasteiger partial charge in [0, 0.05) is 38.9 Å². The standard InChI is InChI=1S/C50H64N12O9/c1-30-42(64)60-38(28-33-18-9-4-10-19-33)48(70)62-25-13-22-40(62)49(71)61-24-12-21-39(61)47(69)56-34(20-11-23-54-50(52)53)43(65)57-35(26-31-14-5-2-6-15-31)45(67)58-36(27-32-16-7-3-8-17-32)46(68)59-37(29-41(51)63)44(66)55-30/h2-10,14-19,30,34-40H,11-13,20-29H2,1H3,(H2,51,63)(H,55,66)(H,56,69)(H,57,65)(H,58,67)(H,59,68)(H,60,64)(H4,52,53,54)/t30-,34-,35+,36+,37-,38-,39-,40+/m0/s1. The number of hydrogen-bond acceptors (Lipinski definition) is 10. The maximum Gasteiger partial charge on any atom is 0.246 e. The molecule has 0 aliphatic carbocycles. The number of fused-ring (bicyclic) bond motifs is 2. The summed E-state index contributed by atoms with van der Waals surface area (Å²) in [5, 5.41) is 26.4. The van der Waals surface area contributed by atoms with Gasteiger partial charge in [0.1, 0.15) is 48.3 Å². The number of nitrogens with two attached hydrogens (primary N) is 2. The number of carbonyl (C=O) groups is 9. The highest BCUT2D eigenvalue weighted by Crippen LogP contribution is 2.26. The van der Waals surface area contributed by atoms with Gasteiger partial charge >= 0.3 is 0 Å². The van der Waals surface area contributed by atoms with Gasteiger partial charge in [0.25, 0.3) is 0 Å². The second-order valence-electron chi connectivity index (χ2n) is 18.1. The number of hydrogen-bond donors (Lipinski definition) is 10. The maximum absolute atomic E-state index is 14.6. The SMILES string of the molecule is C[C@@H]1NC(=O)[C@H](CC(N)=O)NC(=O)[C@@H](Cc2ccccc2)NC(=O)[C@@H](Cc2ccccc2)NC(=O)[C@H](CCCNC(=N)N)NC(=O)[C@@H]2CCCN2C(=O)[C@H]2CCCN2C(=O)[C@H](Cc2ccccc2)NC1=O. The minimum atomic E-state index is -1.63. The largest absolute Gasteiger partial charge is 0.370 e. The van der Waals surface area contributed by atoms with E-state index in [1.165, 1.54) is 16.7 Å².